The molecule has 0 aliphatic carbocycles. The normalized spacial score (nSPS) is 19.7. The van der Waals surface area contributed by atoms with Crippen LogP contribution in [0.5, 0.6) is 5.75 Å². The van der Waals surface area contributed by atoms with Crippen LogP contribution in [-0.4, -0.2) is 18.4 Å². The van der Waals surface area contributed by atoms with Gasteiger partial charge < -0.3 is 9.47 Å². The van der Waals surface area contributed by atoms with Crippen LogP contribution in [0.3, 0.4) is 0 Å². The van der Waals surface area contributed by atoms with Crippen molar-refractivity contribution >= 4 is 11.8 Å². The smallest absolute Gasteiger partial charge is 0.321 e. The van der Waals surface area contributed by atoms with Gasteiger partial charge in [-0.3, -0.25) is 9.59 Å². The van der Waals surface area contributed by atoms with Crippen molar-refractivity contribution < 1.29 is 19.1 Å². The SMILES string of the molecule is CCOC(=O)C1C(=O)c2cc(C)ccc2OC1c1ccccc1. The molecule has 0 bridgehead atoms. The first-order valence-corrected chi connectivity index (χ1v) is 7.65. The van der Waals surface area contributed by atoms with Crippen LogP contribution in [-0.2, 0) is 9.53 Å². The molecule has 4 heteroatoms. The summed E-state index contributed by atoms with van der Waals surface area (Å²) in [6, 6.07) is 14.7. The lowest BCUT2D eigenvalue weighted by Crippen LogP contribution is -2.38. The second-order valence-electron chi connectivity index (χ2n) is 5.54. The molecule has 0 radical (unpaired) electrons. The molecule has 3 rings (SSSR count). The monoisotopic (exact) mass is 310 g/mol. The van der Waals surface area contributed by atoms with Gasteiger partial charge in [-0.2, -0.15) is 0 Å². The molecular weight excluding hydrogens is 292 g/mol. The Balaban J connectivity index is 2.08. The van der Waals surface area contributed by atoms with Gasteiger partial charge in [0.05, 0.1) is 12.2 Å². The van der Waals surface area contributed by atoms with Crippen LogP contribution >= 0.6 is 0 Å². The molecule has 2 unspecified atom stereocenters. The second kappa shape index (κ2) is 6.24. The van der Waals surface area contributed by atoms with Crippen LogP contribution in [0.4, 0.5) is 0 Å². The topological polar surface area (TPSA) is 52.6 Å². The van der Waals surface area contributed by atoms with Crippen molar-refractivity contribution in [1.82, 2.24) is 0 Å². The van der Waals surface area contributed by atoms with Crippen LogP contribution in [0.15, 0.2) is 48.5 Å². The summed E-state index contributed by atoms with van der Waals surface area (Å²) in [4.78, 5) is 25.3. The van der Waals surface area contributed by atoms with Gasteiger partial charge in [-0.15, -0.1) is 0 Å². The molecule has 0 spiro atoms. The number of Topliss-reactive ketones (excluding diaryl/α,β-unsaturated/α-hetero) is 1. The van der Waals surface area contributed by atoms with Gasteiger partial charge in [-0.25, -0.2) is 0 Å². The first kappa shape index (κ1) is 15.3. The van der Waals surface area contributed by atoms with Crippen LogP contribution in [0, 0.1) is 12.8 Å². The highest BCUT2D eigenvalue weighted by atomic mass is 16.5. The molecule has 1 aliphatic rings. The number of hydrogen-bond donors (Lipinski definition) is 0. The van der Waals surface area contributed by atoms with Crippen LogP contribution in [0.2, 0.25) is 0 Å². The molecule has 0 amide bonds. The lowest BCUT2D eigenvalue weighted by molar-refractivity contribution is -0.149. The molecule has 4 nitrogen and oxygen atoms in total. The maximum absolute atomic E-state index is 12.9. The predicted molar refractivity (Wildman–Crippen MR) is 85.4 cm³/mol. The Morgan fingerprint density at radius 2 is 1.91 bits per heavy atom. The van der Waals surface area contributed by atoms with Crippen LogP contribution in [0.25, 0.3) is 0 Å². The van der Waals surface area contributed by atoms with E-state index in [1.807, 2.05) is 43.3 Å². The number of benzene rings is 2. The Hall–Kier alpha value is -2.62. The fourth-order valence-corrected chi connectivity index (χ4v) is 2.81. The van der Waals surface area contributed by atoms with Crippen molar-refractivity contribution in [3.8, 4) is 5.75 Å². The Bertz CT molecular complexity index is 736. The van der Waals surface area contributed by atoms with Gasteiger partial charge in [-0.05, 0) is 31.5 Å². The van der Waals surface area contributed by atoms with Gasteiger partial charge in [0.1, 0.15) is 11.9 Å². The molecule has 118 valence electrons. The zero-order chi connectivity index (χ0) is 16.4. The van der Waals surface area contributed by atoms with E-state index in [0.29, 0.717) is 11.3 Å². The van der Waals surface area contributed by atoms with Gasteiger partial charge >= 0.3 is 5.97 Å². The number of carbonyl (C=O) groups is 2. The molecular formula is C19H18O4. The van der Waals surface area contributed by atoms with E-state index in [4.69, 9.17) is 9.47 Å². The van der Waals surface area contributed by atoms with Gasteiger partial charge in [0.2, 0.25) is 0 Å². The van der Waals surface area contributed by atoms with Crippen LogP contribution < -0.4 is 4.74 Å². The third kappa shape index (κ3) is 2.84. The van der Waals surface area contributed by atoms with E-state index in [1.165, 1.54) is 0 Å². The van der Waals surface area contributed by atoms with E-state index in [2.05, 4.69) is 0 Å². The predicted octanol–water partition coefficient (Wildman–Crippen LogP) is 3.49. The number of hydrogen-bond acceptors (Lipinski definition) is 4. The van der Waals surface area contributed by atoms with Gasteiger partial charge in [0.25, 0.3) is 0 Å². The Morgan fingerprint density at radius 3 is 2.61 bits per heavy atom. The number of ketones is 1. The quantitative estimate of drug-likeness (QED) is 0.643. The maximum atomic E-state index is 12.9. The molecule has 0 fully saturated rings. The largest absolute Gasteiger partial charge is 0.484 e. The molecule has 0 saturated heterocycles. The molecule has 23 heavy (non-hydrogen) atoms. The Kier molecular flexibility index (Phi) is 4.15. The average molecular weight is 310 g/mol. The molecule has 0 N–H and O–H groups in total. The first-order valence-electron chi connectivity index (χ1n) is 7.65. The summed E-state index contributed by atoms with van der Waals surface area (Å²) in [7, 11) is 0. The third-order valence-electron chi connectivity index (χ3n) is 3.91. The maximum Gasteiger partial charge on any atom is 0.321 e. The minimum atomic E-state index is -0.980. The average Bonchev–Trinajstić information content (AvgIpc) is 2.56. The number of rotatable bonds is 3. The highest BCUT2D eigenvalue weighted by molar-refractivity contribution is 6.11. The van der Waals surface area contributed by atoms with Crippen LogP contribution in [0.1, 0.15) is 34.5 Å². The molecule has 1 aliphatic heterocycles. The molecule has 1 heterocycles. The second-order valence-corrected chi connectivity index (χ2v) is 5.54. The minimum absolute atomic E-state index is 0.227. The minimum Gasteiger partial charge on any atom is -0.484 e. The summed E-state index contributed by atoms with van der Waals surface area (Å²) < 4.78 is 11.1. The summed E-state index contributed by atoms with van der Waals surface area (Å²) in [5, 5.41) is 0. The third-order valence-corrected chi connectivity index (χ3v) is 3.91. The molecule has 2 aromatic rings. The van der Waals surface area contributed by atoms with Gasteiger partial charge in [-0.1, -0.05) is 42.0 Å². The Morgan fingerprint density at radius 1 is 1.17 bits per heavy atom. The molecule has 0 aromatic heterocycles. The first-order chi connectivity index (χ1) is 11.1. The summed E-state index contributed by atoms with van der Waals surface area (Å²) in [6.07, 6.45) is -0.669. The van der Waals surface area contributed by atoms with E-state index in [9.17, 15) is 9.59 Å². The number of ether oxygens (including phenoxy) is 2. The van der Waals surface area contributed by atoms with Crippen molar-refractivity contribution in [3.63, 3.8) is 0 Å². The molecule has 0 saturated carbocycles. The van der Waals surface area contributed by atoms with E-state index in [-0.39, 0.29) is 12.4 Å². The van der Waals surface area contributed by atoms with Crippen molar-refractivity contribution in [2.24, 2.45) is 5.92 Å². The number of aryl methyl sites for hydroxylation is 1. The molecule has 2 aromatic carbocycles. The van der Waals surface area contributed by atoms with E-state index < -0.39 is 18.0 Å². The highest BCUT2D eigenvalue weighted by Crippen LogP contribution is 2.39. The van der Waals surface area contributed by atoms with E-state index in [0.717, 1.165) is 11.1 Å². The standard InChI is InChI=1S/C19H18O4/c1-3-22-19(21)16-17(20)14-11-12(2)9-10-15(14)23-18(16)13-7-5-4-6-8-13/h4-11,16,18H,3H2,1-2H3. The van der Waals surface area contributed by atoms with Crippen molar-refractivity contribution in [3.05, 3.63) is 65.2 Å². The lowest BCUT2D eigenvalue weighted by Gasteiger charge is -2.31. The van der Waals surface area contributed by atoms with Crippen molar-refractivity contribution in [2.75, 3.05) is 6.61 Å². The van der Waals surface area contributed by atoms with E-state index in [1.54, 1.807) is 19.1 Å². The fraction of sp³-hybridized carbons (Fsp3) is 0.263. The zero-order valence-electron chi connectivity index (χ0n) is 13.1. The highest BCUT2D eigenvalue weighted by Gasteiger charge is 2.43. The molecule has 2 atom stereocenters. The van der Waals surface area contributed by atoms with E-state index >= 15 is 0 Å². The van der Waals surface area contributed by atoms with Gasteiger partial charge in [0, 0.05) is 0 Å². The number of fused-ring (bicyclic) bond motifs is 1. The summed E-state index contributed by atoms with van der Waals surface area (Å²) in [5.74, 6) is -1.26. The lowest BCUT2D eigenvalue weighted by atomic mass is 9.85. The van der Waals surface area contributed by atoms with Gasteiger partial charge in [0.15, 0.2) is 11.7 Å². The van der Waals surface area contributed by atoms with Crippen molar-refractivity contribution in [2.45, 2.75) is 20.0 Å². The summed E-state index contributed by atoms with van der Waals surface area (Å²) in [6.45, 7) is 3.85. The summed E-state index contributed by atoms with van der Waals surface area (Å²) >= 11 is 0. The fourth-order valence-electron chi connectivity index (χ4n) is 2.81. The van der Waals surface area contributed by atoms with Crippen molar-refractivity contribution in [1.29, 1.82) is 0 Å². The Labute approximate surface area is 135 Å². The number of esters is 1. The number of carbonyl (C=O) groups excluding carboxylic acids is 2. The summed E-state index contributed by atoms with van der Waals surface area (Å²) in [5.41, 5.74) is 2.17. The zero-order valence-corrected chi connectivity index (χ0v) is 13.1.